The van der Waals surface area contributed by atoms with Crippen LogP contribution in [0.2, 0.25) is 0 Å². The first-order chi connectivity index (χ1) is 7.01. The molecule has 3 nitrogen and oxygen atoms in total. The Kier molecular flexibility index (Phi) is 2.12. The Morgan fingerprint density at radius 2 is 1.93 bits per heavy atom. The summed E-state index contributed by atoms with van der Waals surface area (Å²) in [5.41, 5.74) is 5.62. The van der Waals surface area contributed by atoms with Crippen molar-refractivity contribution in [2.75, 3.05) is 0 Å². The maximum absolute atomic E-state index is 12.9. The van der Waals surface area contributed by atoms with Crippen molar-refractivity contribution < 1.29 is 12.8 Å². The Hall–Kier alpha value is -1.62. The Morgan fingerprint density at radius 3 is 2.47 bits per heavy atom. The van der Waals surface area contributed by atoms with Crippen molar-refractivity contribution in [2.45, 2.75) is 0 Å². The maximum Gasteiger partial charge on any atom is 0.221 e. The second-order valence-electron chi connectivity index (χ2n) is 3.11. The average Bonchev–Trinajstić information content (AvgIpc) is 2.42. The Labute approximate surface area is 86.6 Å². The highest BCUT2D eigenvalue weighted by molar-refractivity contribution is 8.04. The van der Waals surface area contributed by atoms with E-state index in [-0.39, 0.29) is 9.93 Å². The van der Waals surface area contributed by atoms with Gasteiger partial charge in [0, 0.05) is 0 Å². The van der Waals surface area contributed by atoms with Gasteiger partial charge in [0.1, 0.15) is 10.8 Å². The van der Waals surface area contributed by atoms with E-state index >= 15 is 0 Å². The lowest BCUT2D eigenvalue weighted by molar-refractivity contribution is 0.611. The lowest BCUT2D eigenvalue weighted by atomic mass is 10.2. The van der Waals surface area contributed by atoms with E-state index in [1.54, 1.807) is 0 Å². The van der Waals surface area contributed by atoms with Crippen LogP contribution in [0.1, 0.15) is 5.56 Å². The summed E-state index contributed by atoms with van der Waals surface area (Å²) in [7, 11) is -3.60. The molecule has 0 unspecified atom stereocenters. The highest BCUT2D eigenvalue weighted by atomic mass is 32.2. The van der Waals surface area contributed by atoms with E-state index in [0.29, 0.717) is 5.56 Å². The molecule has 0 radical (unpaired) electrons. The molecule has 0 saturated carbocycles. The third kappa shape index (κ3) is 1.55. The highest BCUT2D eigenvalue weighted by Gasteiger charge is 2.26. The number of halogens is 1. The molecule has 1 aromatic rings. The van der Waals surface area contributed by atoms with Crippen molar-refractivity contribution in [2.24, 2.45) is 5.73 Å². The monoisotopic (exact) mass is 225 g/mol. The van der Waals surface area contributed by atoms with E-state index < -0.39 is 15.7 Å². The zero-order valence-corrected chi connectivity index (χ0v) is 8.46. The molecule has 1 aromatic carbocycles. The van der Waals surface area contributed by atoms with E-state index in [2.05, 4.69) is 0 Å². The molecule has 5 heteroatoms. The molecule has 2 N–H and O–H groups in total. The molecule has 0 aromatic heterocycles. The van der Waals surface area contributed by atoms with E-state index in [1.165, 1.54) is 30.4 Å². The second-order valence-corrected chi connectivity index (χ2v) is 5.03. The van der Waals surface area contributed by atoms with E-state index in [0.717, 1.165) is 6.07 Å². The molecule has 15 heavy (non-hydrogen) atoms. The number of hydrogen-bond acceptors (Lipinski definition) is 3. The summed E-state index contributed by atoms with van der Waals surface area (Å²) < 4.78 is 36.1. The summed E-state index contributed by atoms with van der Waals surface area (Å²) in [6.45, 7) is 0. The standard InChI is InChI=1S/C10H8FNO2S/c11-8-3-1-2-7(6-8)9-4-5-10(12)15(9,13)14/h1-6H,12H2. The van der Waals surface area contributed by atoms with Gasteiger partial charge < -0.3 is 5.73 Å². The minimum Gasteiger partial charge on any atom is -0.389 e. The first-order valence-corrected chi connectivity index (χ1v) is 5.68. The normalized spacial score (nSPS) is 18.5. The van der Waals surface area contributed by atoms with Crippen LogP contribution in [0.3, 0.4) is 0 Å². The third-order valence-electron chi connectivity index (χ3n) is 2.11. The van der Waals surface area contributed by atoms with Crippen LogP contribution >= 0.6 is 0 Å². The van der Waals surface area contributed by atoms with Crippen LogP contribution in [0.25, 0.3) is 4.91 Å². The molecule has 78 valence electrons. The Morgan fingerprint density at radius 1 is 1.20 bits per heavy atom. The fourth-order valence-corrected chi connectivity index (χ4v) is 2.54. The van der Waals surface area contributed by atoms with Gasteiger partial charge in [-0.25, -0.2) is 12.8 Å². The summed E-state index contributed by atoms with van der Waals surface area (Å²) in [4.78, 5) is 0.0412. The molecule has 0 saturated heterocycles. The van der Waals surface area contributed by atoms with Gasteiger partial charge in [0.15, 0.2) is 0 Å². The van der Waals surface area contributed by atoms with Crippen molar-refractivity contribution >= 4 is 14.7 Å². The molecule has 2 rings (SSSR count). The van der Waals surface area contributed by atoms with Crippen LogP contribution < -0.4 is 5.73 Å². The molecule has 0 amide bonds. The topological polar surface area (TPSA) is 60.2 Å². The molecule has 0 fully saturated rings. The zero-order valence-electron chi connectivity index (χ0n) is 7.64. The van der Waals surface area contributed by atoms with Crippen molar-refractivity contribution in [3.63, 3.8) is 0 Å². The van der Waals surface area contributed by atoms with Gasteiger partial charge in [-0.2, -0.15) is 0 Å². The molecule has 0 aliphatic carbocycles. The van der Waals surface area contributed by atoms with Gasteiger partial charge in [0.05, 0.1) is 4.91 Å². The van der Waals surface area contributed by atoms with Crippen LogP contribution in [-0.2, 0) is 9.84 Å². The van der Waals surface area contributed by atoms with Gasteiger partial charge in [-0.3, -0.25) is 0 Å². The quantitative estimate of drug-likeness (QED) is 0.785. The molecule has 1 aliphatic heterocycles. The lowest BCUT2D eigenvalue weighted by Crippen LogP contribution is -2.09. The van der Waals surface area contributed by atoms with Crippen molar-refractivity contribution in [1.82, 2.24) is 0 Å². The number of benzene rings is 1. The van der Waals surface area contributed by atoms with E-state index in [4.69, 9.17) is 5.73 Å². The summed E-state index contributed by atoms with van der Waals surface area (Å²) in [6.07, 6.45) is 2.68. The van der Waals surface area contributed by atoms with Crippen LogP contribution in [0.15, 0.2) is 41.4 Å². The molecule has 1 aliphatic rings. The smallest absolute Gasteiger partial charge is 0.221 e. The van der Waals surface area contributed by atoms with Crippen molar-refractivity contribution in [1.29, 1.82) is 0 Å². The van der Waals surface area contributed by atoms with Crippen LogP contribution in [0.5, 0.6) is 0 Å². The van der Waals surface area contributed by atoms with Gasteiger partial charge in [-0.05, 0) is 29.8 Å². The molecule has 1 heterocycles. The fourth-order valence-electron chi connectivity index (χ4n) is 1.36. The van der Waals surface area contributed by atoms with Crippen LogP contribution in [-0.4, -0.2) is 8.42 Å². The number of rotatable bonds is 1. The predicted octanol–water partition coefficient (Wildman–Crippen LogP) is 1.40. The summed E-state index contributed by atoms with van der Waals surface area (Å²) in [5, 5.41) is -0.207. The SMILES string of the molecule is NC1=CC=C(c2cccc(F)c2)S1(=O)=O. The average molecular weight is 225 g/mol. The number of nitrogens with two attached hydrogens (primary N) is 1. The largest absolute Gasteiger partial charge is 0.389 e. The summed E-state index contributed by atoms with van der Waals surface area (Å²) in [5.74, 6) is -0.478. The highest BCUT2D eigenvalue weighted by Crippen LogP contribution is 2.29. The van der Waals surface area contributed by atoms with E-state index in [9.17, 15) is 12.8 Å². The zero-order chi connectivity index (χ0) is 11.1. The van der Waals surface area contributed by atoms with Gasteiger partial charge in [-0.1, -0.05) is 12.1 Å². The third-order valence-corrected chi connectivity index (χ3v) is 3.82. The second kappa shape index (κ2) is 3.20. The van der Waals surface area contributed by atoms with Gasteiger partial charge in [0.25, 0.3) is 0 Å². The number of hydrogen-bond donors (Lipinski definition) is 1. The molecular formula is C10H8FNO2S. The lowest BCUT2D eigenvalue weighted by Gasteiger charge is -2.04. The molecule has 0 spiro atoms. The first-order valence-electron chi connectivity index (χ1n) is 4.20. The van der Waals surface area contributed by atoms with Gasteiger partial charge in [0.2, 0.25) is 9.84 Å². The fraction of sp³-hybridized carbons (Fsp3) is 0. The molecule has 0 atom stereocenters. The summed E-state index contributed by atoms with van der Waals surface area (Å²) >= 11 is 0. The van der Waals surface area contributed by atoms with Crippen LogP contribution in [0.4, 0.5) is 4.39 Å². The minimum atomic E-state index is -3.60. The first kappa shape index (κ1) is 9.92. The molecule has 0 bridgehead atoms. The van der Waals surface area contributed by atoms with Crippen LogP contribution in [0, 0.1) is 5.82 Å². The summed E-state index contributed by atoms with van der Waals surface area (Å²) in [6, 6.07) is 5.40. The van der Waals surface area contributed by atoms with Crippen molar-refractivity contribution in [3.8, 4) is 0 Å². The Bertz CT molecular complexity index is 573. The number of sulfone groups is 1. The predicted molar refractivity (Wildman–Crippen MR) is 55.6 cm³/mol. The maximum atomic E-state index is 12.9. The molecular weight excluding hydrogens is 217 g/mol. The van der Waals surface area contributed by atoms with Gasteiger partial charge in [-0.15, -0.1) is 0 Å². The van der Waals surface area contributed by atoms with Gasteiger partial charge >= 0.3 is 0 Å². The Balaban J connectivity index is 2.54. The van der Waals surface area contributed by atoms with E-state index in [1.807, 2.05) is 0 Å². The minimum absolute atomic E-state index is 0.0412. The number of allylic oxidation sites excluding steroid dienone is 2. The van der Waals surface area contributed by atoms with Crippen molar-refractivity contribution in [3.05, 3.63) is 52.8 Å².